The Hall–Kier alpha value is -1.18. The van der Waals surface area contributed by atoms with E-state index in [2.05, 4.69) is 15.0 Å². The Bertz CT molecular complexity index is 495. The highest BCUT2D eigenvalue weighted by Gasteiger charge is 2.18. The minimum Gasteiger partial charge on any atom is -0.378 e. The number of nitrogens with one attached hydrogen (secondary N) is 2. The van der Waals surface area contributed by atoms with Crippen molar-refractivity contribution in [2.24, 2.45) is 0 Å². The van der Waals surface area contributed by atoms with E-state index in [0.717, 1.165) is 19.4 Å². The van der Waals surface area contributed by atoms with Crippen LogP contribution in [0.3, 0.4) is 0 Å². The molecular weight excluding hydrogens is 266 g/mol. The summed E-state index contributed by atoms with van der Waals surface area (Å²) in [5, 5.41) is 2.84. The molecule has 1 aromatic heterocycles. The van der Waals surface area contributed by atoms with Gasteiger partial charge in [0.25, 0.3) is 0 Å². The van der Waals surface area contributed by atoms with Gasteiger partial charge in [-0.05, 0) is 31.4 Å². The minimum absolute atomic E-state index is 0.179. The van der Waals surface area contributed by atoms with Gasteiger partial charge in [0, 0.05) is 26.4 Å². The van der Waals surface area contributed by atoms with E-state index in [1.54, 1.807) is 13.1 Å². The summed E-state index contributed by atoms with van der Waals surface area (Å²) in [6, 6.07) is 3.17. The Morgan fingerprint density at radius 2 is 2.32 bits per heavy atom. The summed E-state index contributed by atoms with van der Waals surface area (Å²) in [4.78, 5) is 4.17. The molecule has 19 heavy (non-hydrogen) atoms. The van der Waals surface area contributed by atoms with Gasteiger partial charge < -0.3 is 10.1 Å². The van der Waals surface area contributed by atoms with E-state index in [0.29, 0.717) is 18.8 Å². The lowest BCUT2D eigenvalue weighted by Gasteiger charge is -2.10. The zero-order valence-corrected chi connectivity index (χ0v) is 11.7. The fourth-order valence-corrected chi connectivity index (χ4v) is 2.99. The van der Waals surface area contributed by atoms with Crippen LogP contribution in [0.1, 0.15) is 19.3 Å². The number of sulfonamides is 1. The molecule has 1 unspecified atom stereocenters. The van der Waals surface area contributed by atoms with E-state index < -0.39 is 10.0 Å². The van der Waals surface area contributed by atoms with Crippen LogP contribution < -0.4 is 10.0 Å². The Balaban J connectivity index is 1.89. The number of anilines is 1. The zero-order chi connectivity index (χ0) is 13.7. The van der Waals surface area contributed by atoms with Crippen LogP contribution in [0.15, 0.2) is 23.2 Å². The van der Waals surface area contributed by atoms with Gasteiger partial charge >= 0.3 is 0 Å². The van der Waals surface area contributed by atoms with Gasteiger partial charge in [0.2, 0.25) is 10.0 Å². The molecule has 1 aliphatic heterocycles. The van der Waals surface area contributed by atoms with Gasteiger partial charge in [-0.2, -0.15) is 0 Å². The third kappa shape index (κ3) is 3.89. The Morgan fingerprint density at radius 3 is 2.89 bits per heavy atom. The molecular formula is C12H19N3O3S. The van der Waals surface area contributed by atoms with E-state index in [9.17, 15) is 8.42 Å². The summed E-state index contributed by atoms with van der Waals surface area (Å²) in [6.07, 6.45) is 4.32. The Kier molecular flexibility index (Phi) is 4.73. The first-order valence-electron chi connectivity index (χ1n) is 6.37. The number of ether oxygens (including phenoxy) is 1. The fourth-order valence-electron chi connectivity index (χ4n) is 2.00. The number of nitrogens with zero attached hydrogens (tertiary/aromatic N) is 1. The zero-order valence-electron chi connectivity index (χ0n) is 10.9. The first-order chi connectivity index (χ1) is 9.12. The van der Waals surface area contributed by atoms with E-state index >= 15 is 0 Å². The van der Waals surface area contributed by atoms with Gasteiger partial charge in [-0.25, -0.2) is 18.1 Å². The van der Waals surface area contributed by atoms with Gasteiger partial charge in [0.15, 0.2) is 0 Å². The molecule has 0 radical (unpaired) electrons. The van der Waals surface area contributed by atoms with Crippen molar-refractivity contribution >= 4 is 15.8 Å². The Labute approximate surface area is 113 Å². The molecule has 2 rings (SSSR count). The van der Waals surface area contributed by atoms with Gasteiger partial charge in [-0.15, -0.1) is 0 Å². The van der Waals surface area contributed by atoms with Crippen LogP contribution in [-0.4, -0.2) is 39.7 Å². The van der Waals surface area contributed by atoms with Crippen molar-refractivity contribution in [3.8, 4) is 0 Å². The molecule has 6 nitrogen and oxygen atoms in total. The van der Waals surface area contributed by atoms with Crippen LogP contribution in [0.2, 0.25) is 0 Å². The summed E-state index contributed by atoms with van der Waals surface area (Å²) >= 11 is 0. The topological polar surface area (TPSA) is 80.3 Å². The third-order valence-electron chi connectivity index (χ3n) is 3.09. The van der Waals surface area contributed by atoms with Gasteiger partial charge in [-0.1, -0.05) is 0 Å². The maximum Gasteiger partial charge on any atom is 0.242 e. The quantitative estimate of drug-likeness (QED) is 0.814. The summed E-state index contributed by atoms with van der Waals surface area (Å²) in [5.41, 5.74) is 0. The van der Waals surface area contributed by atoms with Crippen molar-refractivity contribution in [2.75, 3.05) is 25.5 Å². The van der Waals surface area contributed by atoms with E-state index in [4.69, 9.17) is 4.74 Å². The summed E-state index contributed by atoms with van der Waals surface area (Å²) in [6.45, 7) is 1.17. The number of aromatic nitrogens is 1. The van der Waals surface area contributed by atoms with E-state index in [1.165, 1.54) is 12.3 Å². The highest BCUT2D eigenvalue weighted by molar-refractivity contribution is 7.89. The molecule has 106 valence electrons. The molecule has 1 atom stereocenters. The van der Waals surface area contributed by atoms with Crippen LogP contribution >= 0.6 is 0 Å². The van der Waals surface area contributed by atoms with Crippen LogP contribution in [0, 0.1) is 0 Å². The van der Waals surface area contributed by atoms with Crippen molar-refractivity contribution in [3.05, 3.63) is 18.3 Å². The van der Waals surface area contributed by atoms with Gasteiger partial charge in [0.05, 0.1) is 6.10 Å². The molecule has 2 N–H and O–H groups in total. The van der Waals surface area contributed by atoms with Crippen molar-refractivity contribution < 1.29 is 13.2 Å². The highest BCUT2D eigenvalue weighted by Crippen LogP contribution is 2.15. The maximum absolute atomic E-state index is 12.0. The standard InChI is InChI=1S/C12H19N3O3S/c1-13-12-5-4-11(9-14-12)19(16,17)15-7-6-10-3-2-8-18-10/h4-5,9-10,15H,2-3,6-8H2,1H3,(H,13,14). The smallest absolute Gasteiger partial charge is 0.242 e. The second-order valence-electron chi connectivity index (χ2n) is 4.45. The number of hydrogen-bond acceptors (Lipinski definition) is 5. The molecule has 7 heteroatoms. The number of hydrogen-bond donors (Lipinski definition) is 2. The normalized spacial score (nSPS) is 19.5. The largest absolute Gasteiger partial charge is 0.378 e. The van der Waals surface area contributed by atoms with Crippen molar-refractivity contribution in [2.45, 2.75) is 30.3 Å². The average molecular weight is 285 g/mol. The van der Waals surface area contributed by atoms with Crippen molar-refractivity contribution in [3.63, 3.8) is 0 Å². The van der Waals surface area contributed by atoms with Crippen LogP contribution in [0.4, 0.5) is 5.82 Å². The summed E-state index contributed by atoms with van der Waals surface area (Å²) in [7, 11) is -1.74. The average Bonchev–Trinajstić information content (AvgIpc) is 2.92. The first-order valence-corrected chi connectivity index (χ1v) is 7.85. The lowest BCUT2D eigenvalue weighted by atomic mass is 10.2. The Morgan fingerprint density at radius 1 is 1.47 bits per heavy atom. The molecule has 1 saturated heterocycles. The highest BCUT2D eigenvalue weighted by atomic mass is 32.2. The second-order valence-corrected chi connectivity index (χ2v) is 6.22. The molecule has 0 saturated carbocycles. The SMILES string of the molecule is CNc1ccc(S(=O)(=O)NCCC2CCCO2)cn1. The van der Waals surface area contributed by atoms with Crippen molar-refractivity contribution in [1.82, 2.24) is 9.71 Å². The molecule has 1 fully saturated rings. The molecule has 0 spiro atoms. The van der Waals surface area contributed by atoms with E-state index in [-0.39, 0.29) is 11.0 Å². The second kappa shape index (κ2) is 6.31. The molecule has 0 bridgehead atoms. The molecule has 1 aliphatic rings. The summed E-state index contributed by atoms with van der Waals surface area (Å²) < 4.78 is 32.0. The maximum atomic E-state index is 12.0. The van der Waals surface area contributed by atoms with Gasteiger partial charge in [-0.3, -0.25) is 0 Å². The summed E-state index contributed by atoms with van der Waals surface area (Å²) in [5.74, 6) is 0.637. The van der Waals surface area contributed by atoms with Crippen molar-refractivity contribution in [1.29, 1.82) is 0 Å². The predicted octanol–water partition coefficient (Wildman–Crippen LogP) is 0.971. The molecule has 0 aliphatic carbocycles. The molecule has 2 heterocycles. The van der Waals surface area contributed by atoms with E-state index in [1.807, 2.05) is 0 Å². The monoisotopic (exact) mass is 285 g/mol. The van der Waals surface area contributed by atoms with Crippen LogP contribution in [-0.2, 0) is 14.8 Å². The third-order valence-corrected chi connectivity index (χ3v) is 4.53. The molecule has 0 amide bonds. The molecule has 0 aromatic carbocycles. The first kappa shape index (κ1) is 14.2. The predicted molar refractivity (Wildman–Crippen MR) is 72.6 cm³/mol. The van der Waals surface area contributed by atoms with Crippen LogP contribution in [0.5, 0.6) is 0 Å². The lowest BCUT2D eigenvalue weighted by molar-refractivity contribution is 0.105. The van der Waals surface area contributed by atoms with Gasteiger partial charge in [0.1, 0.15) is 10.7 Å². The minimum atomic E-state index is -3.47. The fraction of sp³-hybridized carbons (Fsp3) is 0.583. The lowest BCUT2D eigenvalue weighted by Crippen LogP contribution is -2.27. The van der Waals surface area contributed by atoms with Crippen LogP contribution in [0.25, 0.3) is 0 Å². The number of pyridine rings is 1. The number of rotatable bonds is 6. The molecule has 1 aromatic rings.